The molecule has 4 saturated carbocycles. The average Bonchev–Trinajstić information content (AvgIpc) is 0.947. The van der Waals surface area contributed by atoms with Crippen molar-refractivity contribution in [3.05, 3.63) is 206 Å². The fourth-order valence-corrected chi connectivity index (χ4v) is 23.2. The molecule has 6 aromatic rings. The lowest BCUT2D eigenvalue weighted by atomic mass is 9.43. The molecular weight excluding hydrogens is 2160 g/mol. The van der Waals surface area contributed by atoms with Crippen LogP contribution in [-0.2, 0) is 122 Å². The first-order valence-electron chi connectivity index (χ1n) is 51.0. The first kappa shape index (κ1) is 137. The summed E-state index contributed by atoms with van der Waals surface area (Å²) in [7, 11) is -32.6. The molecular formula is C103H170BrN5O30S9. The van der Waals surface area contributed by atoms with Gasteiger partial charge in [-0.3, -0.25) is 41.0 Å². The zero-order chi connectivity index (χ0) is 111. The number of hydrogen-bond acceptors (Lipinski definition) is 26. The van der Waals surface area contributed by atoms with Crippen LogP contribution in [-0.4, -0.2) is 238 Å². The Balaban J connectivity index is 0.000000429. The molecule has 6 aliphatic rings. The lowest BCUT2D eigenvalue weighted by molar-refractivity contribution is -0.130. The van der Waals surface area contributed by atoms with Crippen molar-refractivity contribution in [1.82, 2.24) is 26.6 Å². The van der Waals surface area contributed by atoms with Gasteiger partial charge in [0.25, 0.3) is 91.1 Å². The molecule has 848 valence electrons. The van der Waals surface area contributed by atoms with Gasteiger partial charge in [0.05, 0.1) is 65.5 Å². The van der Waals surface area contributed by atoms with Gasteiger partial charge in [0.2, 0.25) is 0 Å². The highest BCUT2D eigenvalue weighted by Crippen LogP contribution is 2.63. The van der Waals surface area contributed by atoms with Gasteiger partial charge in [-0.25, -0.2) is 0 Å². The highest BCUT2D eigenvalue weighted by Gasteiger charge is 2.56. The Hall–Kier alpha value is -5.49. The van der Waals surface area contributed by atoms with Gasteiger partial charge in [0.15, 0.2) is 0 Å². The van der Waals surface area contributed by atoms with Crippen LogP contribution in [0, 0.1) is 40.9 Å². The van der Waals surface area contributed by atoms with Crippen molar-refractivity contribution >= 4 is 107 Å². The maximum absolute atomic E-state index is 10.6. The van der Waals surface area contributed by atoms with Crippen molar-refractivity contribution in [2.75, 3.05) is 105 Å². The van der Waals surface area contributed by atoms with E-state index in [2.05, 4.69) is 120 Å². The third-order valence-electron chi connectivity index (χ3n) is 27.4. The normalized spacial score (nSPS) is 18.0. The summed E-state index contributed by atoms with van der Waals surface area (Å²) in [5, 5.41) is 34.1. The summed E-state index contributed by atoms with van der Waals surface area (Å²) in [6.45, 7) is 23.6. The molecule has 12 rings (SSSR count). The maximum Gasteiger partial charge on any atom is 0.264 e. The number of ether oxygens (including phenoxy) is 1. The van der Waals surface area contributed by atoms with E-state index in [0.717, 1.165) is 135 Å². The first-order valence-corrected chi connectivity index (χ1v) is 66.3. The van der Waals surface area contributed by atoms with Crippen LogP contribution in [0.5, 0.6) is 5.75 Å². The van der Waals surface area contributed by atoms with Gasteiger partial charge in [-0.2, -0.15) is 75.8 Å². The molecule has 9 atom stereocenters. The second-order valence-corrected chi connectivity index (χ2v) is 55.4. The predicted octanol–water partition coefficient (Wildman–Crippen LogP) is 17.0. The number of aryl methyl sites for hydroxylation is 2. The molecule has 0 saturated heterocycles. The molecule has 6 aromatic carbocycles. The van der Waals surface area contributed by atoms with E-state index in [1.54, 1.807) is 7.11 Å². The summed E-state index contributed by atoms with van der Waals surface area (Å²) in [5.41, 5.74) is 11.6. The molecule has 0 amide bonds. The molecule has 0 radical (unpaired) electrons. The summed E-state index contributed by atoms with van der Waals surface area (Å²) in [6, 6.07) is 51.7. The monoisotopic (exact) mass is 2320 g/mol. The largest absolute Gasteiger partial charge is 0.497 e. The number of nitrogens with one attached hydrogen (secondary N) is 5. The minimum atomic E-state index is -3.85. The number of methoxy groups -OCH3 is 1. The Kier molecular flexibility index (Phi) is 63.5. The van der Waals surface area contributed by atoms with Gasteiger partial charge in [-0.1, -0.05) is 237 Å². The second-order valence-electron chi connectivity index (χ2n) is 40.4. The quantitative estimate of drug-likeness (QED) is 0.0125. The number of benzene rings is 6. The third kappa shape index (κ3) is 64.8. The van der Waals surface area contributed by atoms with E-state index in [1.807, 2.05) is 136 Å². The van der Waals surface area contributed by atoms with Crippen LogP contribution in [0.15, 0.2) is 156 Å². The molecule has 35 nitrogen and oxygen atoms in total. The van der Waals surface area contributed by atoms with Crippen LogP contribution in [0.25, 0.3) is 0 Å². The average molecular weight is 2330 g/mol. The number of rotatable bonds is 54. The lowest BCUT2D eigenvalue weighted by Crippen LogP contribution is -2.54. The first-order chi connectivity index (χ1) is 68.9. The summed E-state index contributed by atoms with van der Waals surface area (Å²) in [5.74, 6) is 3.64. The second kappa shape index (κ2) is 68.8. The van der Waals surface area contributed by atoms with Gasteiger partial charge in [-0.05, 0) is 308 Å². The zero-order valence-electron chi connectivity index (χ0n) is 87.6. The molecule has 2 bridgehead atoms. The highest BCUT2D eigenvalue weighted by molar-refractivity contribution is 9.10. The molecule has 148 heavy (non-hydrogen) atoms. The van der Waals surface area contributed by atoms with Crippen molar-refractivity contribution in [2.45, 2.75) is 278 Å². The molecule has 4 fully saturated rings. The van der Waals surface area contributed by atoms with E-state index in [9.17, 15) is 75.8 Å². The fraction of sp³-hybridized carbons (Fsp3) is 0.650. The predicted molar refractivity (Wildman–Crippen MR) is 591 cm³/mol. The van der Waals surface area contributed by atoms with E-state index in [0.29, 0.717) is 126 Å². The molecule has 16 N–H and O–H groups in total. The Morgan fingerprint density at radius 2 is 0.824 bits per heavy atom. The minimum Gasteiger partial charge on any atom is -0.497 e. The number of aliphatic hydroxyl groups is 2. The molecule has 45 heteroatoms. The number of aliphatic hydroxyl groups excluding tert-OH is 2. The SMILES string of the molecule is CC(C)(CCCCS(=O)(=O)O)c1ccccc1.CC(C)[C@@H](CO)CCCCS(=O)(=O)O.CC1[C@H](CCCCS(=O)(=O)O)CC2C[C@H]1C2(C)C.COc1ccc([C@H](C)NCCCS(=O)(=O)O)cc1.C[C@H](CCCCS(=O)(=O)O)c1ccc(CO)cc1.O=S(=O)(O)CCCNC1CCC1.O=S(=O)(O)CCCNC1CCc2ccccc21.O=S(=O)(O)CCCNCCc1ccc(Br)cc1.O=S(=O)(O)CCCN[C@H]1CCc2ccccc21. The van der Waals surface area contributed by atoms with E-state index in [1.165, 1.54) is 71.0 Å². The fourth-order valence-electron chi connectivity index (χ4n) is 18.1. The van der Waals surface area contributed by atoms with Gasteiger partial charge in [-0.15, -0.1) is 0 Å². The smallest absolute Gasteiger partial charge is 0.264 e. The van der Waals surface area contributed by atoms with Crippen LogP contribution < -0.4 is 31.3 Å². The van der Waals surface area contributed by atoms with E-state index in [-0.39, 0.29) is 82.4 Å². The van der Waals surface area contributed by atoms with Crippen LogP contribution in [0.1, 0.15) is 291 Å². The number of fused-ring (bicyclic) bond motifs is 4. The topological polar surface area (TPSA) is 599 Å². The Morgan fingerprint density at radius 3 is 1.24 bits per heavy atom. The number of hydrogen-bond donors (Lipinski definition) is 16. The van der Waals surface area contributed by atoms with Crippen LogP contribution >= 0.6 is 15.9 Å². The minimum absolute atomic E-state index is 0.0421. The van der Waals surface area contributed by atoms with E-state index in [4.69, 9.17) is 55.9 Å². The molecule has 3 unspecified atom stereocenters. The van der Waals surface area contributed by atoms with Gasteiger partial charge >= 0.3 is 0 Å². The van der Waals surface area contributed by atoms with Crippen molar-refractivity contribution in [3.8, 4) is 5.75 Å². The van der Waals surface area contributed by atoms with Crippen molar-refractivity contribution in [3.63, 3.8) is 0 Å². The Labute approximate surface area is 893 Å². The molecule has 6 aliphatic carbocycles. The van der Waals surface area contributed by atoms with Crippen molar-refractivity contribution < 1.29 is 132 Å². The number of halogens is 1. The molecule has 0 spiro atoms. The lowest BCUT2D eigenvalue weighted by Gasteiger charge is -2.62. The van der Waals surface area contributed by atoms with Crippen LogP contribution in [0.2, 0.25) is 0 Å². The van der Waals surface area contributed by atoms with Crippen LogP contribution in [0.4, 0.5) is 0 Å². The summed E-state index contributed by atoms with van der Waals surface area (Å²) >= 11 is 3.37. The Morgan fingerprint density at radius 1 is 0.426 bits per heavy atom. The molecule has 0 heterocycles. The Bertz CT molecular complexity index is 5670. The van der Waals surface area contributed by atoms with E-state index >= 15 is 0 Å². The standard InChI is InChI=1S/C14H26O3S.C13H20O4S.C13H20O3S.C12H19NO4S.2C12H17NO3S.C11H16BrNO3S.C9H20O4S.C7H15NO3S/c1-10-11(6-4-5-7-18(15,16)17)8-12-9-13(10)14(12,2)3;1-11(4-2-3-9-18(15,16)17)13-7-5-12(10-14)6-8-13;1-13(2,12-8-4-3-5-9-12)10-6-7-11-17(14,15)16;1-10(13-8-3-9-18(14,15)16)11-4-6-12(17-2)7-5-11;2*14-17(15,16)9-3-8-13-12-7-6-10-4-1-2-5-11(10)12;12-11-4-2-10(3-5-11)6-8-13-7-1-9-17(14,15)16;1-8(2)9(7-10)5-3-4-6-14(11,12)13;9-12(10,11)6-2-5-8-7-3-1-4-7/h10-13H,4-9H2,1-3H3,(H,15,16,17);5-8,11,14H,2-4,9-10H2,1H3,(H,15,16,17);3-5,8-9H,6-7,10-11H2,1-2H3,(H,14,15,16);4-7,10,13H,3,8-9H2,1-2H3,(H,14,15,16);2*1-2,4-5,12-13H,3,6-9H2,(H,14,15,16);2-5,13H,1,6-9H2,(H,14,15,16);8-10H,3-7H2,1-2H3,(H,11,12,13);7-8H,1-6H2,(H,9,10,11)/t10?,11-,12?,13-;11-;;10-;12-;;;9-;/m11.00..1./s1. The summed E-state index contributed by atoms with van der Waals surface area (Å²) in [6.07, 6.45) is 22.7. The van der Waals surface area contributed by atoms with E-state index < -0.39 is 91.1 Å². The number of unbranched alkanes of at least 4 members (excludes halogenated alkanes) is 4. The molecule has 0 aliphatic heterocycles. The van der Waals surface area contributed by atoms with Gasteiger partial charge in [0, 0.05) is 35.2 Å². The summed E-state index contributed by atoms with van der Waals surface area (Å²) < 4.78 is 272. The van der Waals surface area contributed by atoms with Crippen molar-refractivity contribution in [1.29, 1.82) is 0 Å². The van der Waals surface area contributed by atoms with Gasteiger partial charge < -0.3 is 41.5 Å². The van der Waals surface area contributed by atoms with Crippen LogP contribution in [0.3, 0.4) is 0 Å². The zero-order valence-corrected chi connectivity index (χ0v) is 96.6. The maximum atomic E-state index is 10.6. The molecule has 0 aromatic heterocycles. The third-order valence-corrected chi connectivity index (χ3v) is 35.2. The highest BCUT2D eigenvalue weighted by atomic mass is 79.9. The summed E-state index contributed by atoms with van der Waals surface area (Å²) in [4.78, 5) is 0. The van der Waals surface area contributed by atoms with Crippen molar-refractivity contribution in [2.24, 2.45) is 40.9 Å². The van der Waals surface area contributed by atoms with Gasteiger partial charge in [0.1, 0.15) is 5.75 Å².